The van der Waals surface area contributed by atoms with E-state index in [1.165, 1.54) is 6.42 Å². The van der Waals surface area contributed by atoms with Gasteiger partial charge in [0, 0.05) is 27.2 Å². The van der Waals surface area contributed by atoms with Crippen LogP contribution in [0.25, 0.3) is 0 Å². The number of aryl methyl sites for hydroxylation is 1. The fourth-order valence-corrected chi connectivity index (χ4v) is 2.93. The average Bonchev–Trinajstić information content (AvgIpc) is 2.70. The van der Waals surface area contributed by atoms with Crippen molar-refractivity contribution >= 4 is 29.9 Å². The first kappa shape index (κ1) is 18.2. The molecule has 0 spiro atoms. The summed E-state index contributed by atoms with van der Waals surface area (Å²) in [7, 11) is 3.83. The Morgan fingerprint density at radius 1 is 1.29 bits per heavy atom. The summed E-state index contributed by atoms with van der Waals surface area (Å²) >= 11 is 0. The van der Waals surface area contributed by atoms with E-state index in [-0.39, 0.29) is 24.0 Å². The summed E-state index contributed by atoms with van der Waals surface area (Å²) < 4.78 is 2.00. The molecule has 6 nitrogen and oxygen atoms in total. The van der Waals surface area contributed by atoms with Gasteiger partial charge in [-0.15, -0.1) is 34.2 Å². The molecule has 2 heterocycles. The highest BCUT2D eigenvalue weighted by molar-refractivity contribution is 14.0. The molecule has 120 valence electrons. The number of likely N-dealkylation sites (tertiary alicyclic amines) is 1. The zero-order valence-electron chi connectivity index (χ0n) is 13.6. The van der Waals surface area contributed by atoms with Crippen molar-refractivity contribution in [2.75, 3.05) is 20.1 Å². The smallest absolute Gasteiger partial charge is 0.194 e. The molecule has 0 aromatic carbocycles. The van der Waals surface area contributed by atoms with Crippen molar-refractivity contribution in [3.8, 4) is 0 Å². The largest absolute Gasteiger partial charge is 0.349 e. The molecule has 1 aromatic heterocycles. The van der Waals surface area contributed by atoms with Gasteiger partial charge in [0.2, 0.25) is 0 Å². The summed E-state index contributed by atoms with van der Waals surface area (Å²) in [5.74, 6) is 4.26. The lowest BCUT2D eigenvalue weighted by Gasteiger charge is -2.37. The second kappa shape index (κ2) is 7.95. The predicted octanol–water partition coefficient (Wildman–Crippen LogP) is 1.79. The van der Waals surface area contributed by atoms with Gasteiger partial charge in [0.05, 0.1) is 6.54 Å². The normalized spacial score (nSPS) is 22.9. The molecule has 0 bridgehead atoms. The molecule has 1 aliphatic heterocycles. The van der Waals surface area contributed by atoms with Gasteiger partial charge in [0.1, 0.15) is 5.82 Å². The molecular formula is C14H27IN6. The van der Waals surface area contributed by atoms with Crippen LogP contribution in [0, 0.1) is 18.8 Å². The van der Waals surface area contributed by atoms with Gasteiger partial charge in [-0.05, 0) is 25.2 Å². The van der Waals surface area contributed by atoms with E-state index in [2.05, 4.69) is 39.3 Å². The van der Waals surface area contributed by atoms with E-state index < -0.39 is 0 Å². The third kappa shape index (κ3) is 4.55. The van der Waals surface area contributed by atoms with Crippen LogP contribution in [0.1, 0.15) is 31.9 Å². The minimum atomic E-state index is 0. The van der Waals surface area contributed by atoms with Crippen LogP contribution in [0.15, 0.2) is 4.99 Å². The van der Waals surface area contributed by atoms with E-state index in [0.717, 1.165) is 42.5 Å². The monoisotopic (exact) mass is 406 g/mol. The van der Waals surface area contributed by atoms with Gasteiger partial charge in [0.15, 0.2) is 11.8 Å². The fraction of sp³-hybridized carbons (Fsp3) is 0.786. The molecule has 2 unspecified atom stereocenters. The van der Waals surface area contributed by atoms with E-state index in [0.29, 0.717) is 6.54 Å². The number of rotatable bonds is 2. The second-order valence-electron chi connectivity index (χ2n) is 5.97. The minimum Gasteiger partial charge on any atom is -0.349 e. The Morgan fingerprint density at radius 2 is 1.90 bits per heavy atom. The fourth-order valence-electron chi connectivity index (χ4n) is 2.93. The maximum absolute atomic E-state index is 4.41. The zero-order valence-corrected chi connectivity index (χ0v) is 16.0. The third-order valence-electron chi connectivity index (χ3n) is 3.97. The molecule has 2 atom stereocenters. The summed E-state index contributed by atoms with van der Waals surface area (Å²) in [6.07, 6.45) is 1.30. The molecule has 0 amide bonds. The van der Waals surface area contributed by atoms with Gasteiger partial charge in [-0.2, -0.15) is 0 Å². The summed E-state index contributed by atoms with van der Waals surface area (Å²) in [6.45, 7) is 9.37. The maximum atomic E-state index is 4.41. The van der Waals surface area contributed by atoms with Gasteiger partial charge in [-0.25, -0.2) is 0 Å². The Labute approximate surface area is 144 Å². The number of guanidine groups is 1. The molecule has 0 radical (unpaired) electrons. The number of hydrogen-bond donors (Lipinski definition) is 1. The zero-order chi connectivity index (χ0) is 14.7. The van der Waals surface area contributed by atoms with E-state index in [1.807, 2.05) is 25.6 Å². The molecule has 0 saturated carbocycles. The lowest BCUT2D eigenvalue weighted by Crippen LogP contribution is -2.48. The number of aromatic nitrogens is 3. The van der Waals surface area contributed by atoms with Crippen LogP contribution < -0.4 is 5.32 Å². The van der Waals surface area contributed by atoms with Crippen LogP contribution >= 0.6 is 24.0 Å². The van der Waals surface area contributed by atoms with E-state index in [4.69, 9.17) is 0 Å². The van der Waals surface area contributed by atoms with Crippen molar-refractivity contribution in [1.29, 1.82) is 0 Å². The average molecular weight is 406 g/mol. The van der Waals surface area contributed by atoms with E-state index in [1.54, 1.807) is 0 Å². The molecule has 1 aliphatic rings. The van der Waals surface area contributed by atoms with E-state index in [9.17, 15) is 0 Å². The molecule has 1 N–H and O–H groups in total. The van der Waals surface area contributed by atoms with Gasteiger partial charge in [-0.1, -0.05) is 13.8 Å². The van der Waals surface area contributed by atoms with Crippen molar-refractivity contribution in [3.63, 3.8) is 0 Å². The maximum Gasteiger partial charge on any atom is 0.194 e. The van der Waals surface area contributed by atoms with Gasteiger partial charge >= 0.3 is 0 Å². The first-order chi connectivity index (χ1) is 9.51. The number of halogens is 1. The van der Waals surface area contributed by atoms with Crippen LogP contribution in [0.5, 0.6) is 0 Å². The Hall–Kier alpha value is -0.860. The number of nitrogens with zero attached hydrogens (tertiary/aromatic N) is 5. The topological polar surface area (TPSA) is 58.3 Å². The quantitative estimate of drug-likeness (QED) is 0.462. The van der Waals surface area contributed by atoms with Crippen molar-refractivity contribution in [2.24, 2.45) is 23.9 Å². The first-order valence-electron chi connectivity index (χ1n) is 7.31. The van der Waals surface area contributed by atoms with Gasteiger partial charge in [0.25, 0.3) is 0 Å². The molecule has 1 fully saturated rings. The highest BCUT2D eigenvalue weighted by Gasteiger charge is 2.24. The van der Waals surface area contributed by atoms with Gasteiger partial charge < -0.3 is 14.8 Å². The Kier molecular flexibility index (Phi) is 6.89. The van der Waals surface area contributed by atoms with Crippen molar-refractivity contribution in [2.45, 2.75) is 33.7 Å². The second-order valence-corrected chi connectivity index (χ2v) is 5.97. The Bertz CT molecular complexity index is 474. The summed E-state index contributed by atoms with van der Waals surface area (Å²) in [4.78, 5) is 6.76. The predicted molar refractivity (Wildman–Crippen MR) is 95.9 cm³/mol. The van der Waals surface area contributed by atoms with E-state index >= 15 is 0 Å². The molecule has 2 rings (SSSR count). The molecule has 7 heteroatoms. The van der Waals surface area contributed by atoms with Crippen LogP contribution in [0.4, 0.5) is 0 Å². The van der Waals surface area contributed by atoms with Gasteiger partial charge in [-0.3, -0.25) is 4.99 Å². The lowest BCUT2D eigenvalue weighted by atomic mass is 9.92. The standard InChI is InChI=1S/C14H26N6.HI/c1-10-6-11(2)9-20(8-10)14(15-4)16-7-13-18-17-12(3)19(13)5;/h10-11H,6-9H2,1-5H3,(H,15,16);1H. The number of nitrogens with one attached hydrogen (secondary N) is 1. The van der Waals surface area contributed by atoms with Crippen LogP contribution in [-0.4, -0.2) is 45.8 Å². The third-order valence-corrected chi connectivity index (χ3v) is 3.97. The van der Waals surface area contributed by atoms with Crippen molar-refractivity contribution < 1.29 is 0 Å². The van der Waals surface area contributed by atoms with Crippen molar-refractivity contribution in [1.82, 2.24) is 25.0 Å². The Morgan fingerprint density at radius 3 is 2.38 bits per heavy atom. The summed E-state index contributed by atoms with van der Waals surface area (Å²) in [5, 5.41) is 11.7. The Balaban J connectivity index is 0.00000220. The highest BCUT2D eigenvalue weighted by atomic mass is 127. The summed E-state index contributed by atoms with van der Waals surface area (Å²) in [6, 6.07) is 0. The SMILES string of the molecule is CN=C(NCc1nnc(C)n1C)N1CC(C)CC(C)C1.I. The number of piperidine rings is 1. The molecular weight excluding hydrogens is 379 g/mol. The summed E-state index contributed by atoms with van der Waals surface area (Å²) in [5.41, 5.74) is 0. The number of hydrogen-bond acceptors (Lipinski definition) is 3. The molecule has 1 saturated heterocycles. The lowest BCUT2D eigenvalue weighted by molar-refractivity contribution is 0.208. The minimum absolute atomic E-state index is 0. The molecule has 1 aromatic rings. The molecule has 0 aliphatic carbocycles. The van der Waals surface area contributed by atoms with Crippen LogP contribution in [0.2, 0.25) is 0 Å². The first-order valence-corrected chi connectivity index (χ1v) is 7.31. The van der Waals surface area contributed by atoms with Crippen LogP contribution in [0.3, 0.4) is 0 Å². The number of aliphatic imine (C=N–C) groups is 1. The molecule has 21 heavy (non-hydrogen) atoms. The van der Waals surface area contributed by atoms with Crippen LogP contribution in [-0.2, 0) is 13.6 Å². The highest BCUT2D eigenvalue weighted by Crippen LogP contribution is 2.20. The van der Waals surface area contributed by atoms with Crippen molar-refractivity contribution in [3.05, 3.63) is 11.6 Å².